The quantitative estimate of drug-likeness (QED) is 0.773. The average molecular weight is 260 g/mol. The van der Waals surface area contributed by atoms with Crippen molar-refractivity contribution in [3.63, 3.8) is 0 Å². The van der Waals surface area contributed by atoms with Crippen LogP contribution in [0.2, 0.25) is 0 Å². The SMILES string of the molecule is CCCN1CCCCC1CN(C)Cc1ccccc1. The number of likely N-dealkylation sites (N-methyl/N-ethyl adjacent to an activating group) is 1. The zero-order valence-corrected chi connectivity index (χ0v) is 12.5. The summed E-state index contributed by atoms with van der Waals surface area (Å²) in [5.74, 6) is 0. The maximum absolute atomic E-state index is 2.70. The van der Waals surface area contributed by atoms with E-state index in [1.807, 2.05) is 0 Å². The summed E-state index contributed by atoms with van der Waals surface area (Å²) in [4.78, 5) is 5.18. The van der Waals surface area contributed by atoms with Gasteiger partial charge in [0.05, 0.1) is 0 Å². The summed E-state index contributed by atoms with van der Waals surface area (Å²) in [6.07, 6.45) is 5.45. The lowest BCUT2D eigenvalue weighted by atomic mass is 10.0. The van der Waals surface area contributed by atoms with Crippen molar-refractivity contribution in [3.8, 4) is 0 Å². The van der Waals surface area contributed by atoms with E-state index in [0.29, 0.717) is 0 Å². The lowest BCUT2D eigenvalue weighted by Gasteiger charge is -2.37. The third-order valence-electron chi connectivity index (χ3n) is 4.08. The molecule has 1 aromatic carbocycles. The average Bonchev–Trinajstić information content (AvgIpc) is 2.42. The molecule has 0 amide bonds. The molecule has 0 N–H and O–H groups in total. The molecule has 2 nitrogen and oxygen atoms in total. The Labute approximate surface area is 118 Å². The van der Waals surface area contributed by atoms with Gasteiger partial charge in [0, 0.05) is 19.1 Å². The molecule has 106 valence electrons. The molecular weight excluding hydrogens is 232 g/mol. The van der Waals surface area contributed by atoms with E-state index >= 15 is 0 Å². The topological polar surface area (TPSA) is 6.48 Å². The maximum Gasteiger partial charge on any atom is 0.0231 e. The lowest BCUT2D eigenvalue weighted by Crippen LogP contribution is -2.46. The van der Waals surface area contributed by atoms with Gasteiger partial charge in [0.1, 0.15) is 0 Å². The van der Waals surface area contributed by atoms with Gasteiger partial charge >= 0.3 is 0 Å². The van der Waals surface area contributed by atoms with Crippen LogP contribution in [0.5, 0.6) is 0 Å². The summed E-state index contributed by atoms with van der Waals surface area (Å²) in [7, 11) is 2.26. The van der Waals surface area contributed by atoms with Crippen molar-refractivity contribution >= 4 is 0 Å². The summed E-state index contributed by atoms with van der Waals surface area (Å²) in [5.41, 5.74) is 1.42. The molecule has 0 saturated carbocycles. The van der Waals surface area contributed by atoms with Crippen molar-refractivity contribution in [1.82, 2.24) is 9.80 Å². The summed E-state index contributed by atoms with van der Waals surface area (Å²) >= 11 is 0. The van der Waals surface area contributed by atoms with Gasteiger partial charge in [-0.25, -0.2) is 0 Å². The minimum Gasteiger partial charge on any atom is -0.301 e. The van der Waals surface area contributed by atoms with Crippen LogP contribution in [0.25, 0.3) is 0 Å². The van der Waals surface area contributed by atoms with E-state index in [9.17, 15) is 0 Å². The van der Waals surface area contributed by atoms with Gasteiger partial charge in [0.25, 0.3) is 0 Å². The highest BCUT2D eigenvalue weighted by atomic mass is 15.2. The van der Waals surface area contributed by atoms with E-state index in [-0.39, 0.29) is 0 Å². The summed E-state index contributed by atoms with van der Waals surface area (Å²) in [5, 5.41) is 0. The van der Waals surface area contributed by atoms with Crippen LogP contribution in [0.4, 0.5) is 0 Å². The molecule has 0 spiro atoms. The zero-order valence-electron chi connectivity index (χ0n) is 12.5. The van der Waals surface area contributed by atoms with Crippen molar-refractivity contribution in [2.24, 2.45) is 0 Å². The molecule has 1 aromatic rings. The van der Waals surface area contributed by atoms with Crippen LogP contribution in [0.3, 0.4) is 0 Å². The molecule has 0 bridgehead atoms. The molecule has 0 aromatic heterocycles. The fraction of sp³-hybridized carbons (Fsp3) is 0.647. The van der Waals surface area contributed by atoms with Gasteiger partial charge in [-0.05, 0) is 45.0 Å². The predicted octanol–water partition coefficient (Wildman–Crippen LogP) is 3.38. The third kappa shape index (κ3) is 4.63. The molecule has 0 radical (unpaired) electrons. The van der Waals surface area contributed by atoms with Gasteiger partial charge in [0.15, 0.2) is 0 Å². The summed E-state index contributed by atoms with van der Waals surface area (Å²) < 4.78 is 0. The molecule has 1 aliphatic heterocycles. The number of benzene rings is 1. The second kappa shape index (κ2) is 7.66. The van der Waals surface area contributed by atoms with Crippen LogP contribution in [-0.4, -0.2) is 42.5 Å². The summed E-state index contributed by atoms with van der Waals surface area (Å²) in [6, 6.07) is 11.6. The fourth-order valence-electron chi connectivity index (χ4n) is 3.17. The molecule has 19 heavy (non-hydrogen) atoms. The van der Waals surface area contributed by atoms with E-state index in [1.165, 1.54) is 50.9 Å². The first-order valence-corrected chi connectivity index (χ1v) is 7.76. The Morgan fingerprint density at radius 3 is 2.74 bits per heavy atom. The van der Waals surface area contributed by atoms with Crippen molar-refractivity contribution < 1.29 is 0 Å². The Hall–Kier alpha value is -0.860. The van der Waals surface area contributed by atoms with E-state index in [0.717, 1.165) is 12.6 Å². The maximum atomic E-state index is 2.70. The molecule has 1 fully saturated rings. The molecule has 1 atom stereocenters. The zero-order chi connectivity index (χ0) is 13.5. The van der Waals surface area contributed by atoms with Gasteiger partial charge in [-0.1, -0.05) is 43.7 Å². The highest BCUT2D eigenvalue weighted by molar-refractivity contribution is 5.14. The largest absolute Gasteiger partial charge is 0.301 e. The third-order valence-corrected chi connectivity index (χ3v) is 4.08. The molecule has 0 aliphatic carbocycles. The minimum atomic E-state index is 0.766. The molecule has 1 aliphatic rings. The van der Waals surface area contributed by atoms with E-state index in [4.69, 9.17) is 0 Å². The number of nitrogens with zero attached hydrogens (tertiary/aromatic N) is 2. The van der Waals surface area contributed by atoms with Crippen LogP contribution >= 0.6 is 0 Å². The first kappa shape index (κ1) is 14.5. The number of piperidine rings is 1. The first-order valence-electron chi connectivity index (χ1n) is 7.76. The van der Waals surface area contributed by atoms with Crippen LogP contribution in [0.1, 0.15) is 38.2 Å². The molecule has 1 saturated heterocycles. The van der Waals surface area contributed by atoms with Gasteiger partial charge in [-0.3, -0.25) is 4.90 Å². The molecular formula is C17H28N2. The van der Waals surface area contributed by atoms with Gasteiger partial charge in [0.2, 0.25) is 0 Å². The van der Waals surface area contributed by atoms with Crippen LogP contribution in [0, 0.1) is 0 Å². The van der Waals surface area contributed by atoms with Crippen LogP contribution < -0.4 is 0 Å². The Kier molecular flexibility index (Phi) is 5.87. The Balaban J connectivity index is 1.84. The van der Waals surface area contributed by atoms with Crippen molar-refractivity contribution in [2.75, 3.05) is 26.7 Å². The van der Waals surface area contributed by atoms with Crippen molar-refractivity contribution in [1.29, 1.82) is 0 Å². The normalized spacial score (nSPS) is 20.9. The fourth-order valence-corrected chi connectivity index (χ4v) is 3.17. The number of likely N-dealkylation sites (tertiary alicyclic amines) is 1. The molecule has 2 rings (SSSR count). The second-order valence-corrected chi connectivity index (χ2v) is 5.87. The Morgan fingerprint density at radius 1 is 1.21 bits per heavy atom. The van der Waals surface area contributed by atoms with Crippen LogP contribution in [0.15, 0.2) is 30.3 Å². The van der Waals surface area contributed by atoms with Gasteiger partial charge in [-0.2, -0.15) is 0 Å². The minimum absolute atomic E-state index is 0.766. The number of hydrogen-bond donors (Lipinski definition) is 0. The highest BCUT2D eigenvalue weighted by Gasteiger charge is 2.22. The number of rotatable bonds is 6. The van der Waals surface area contributed by atoms with Crippen LogP contribution in [-0.2, 0) is 6.54 Å². The van der Waals surface area contributed by atoms with E-state index in [1.54, 1.807) is 0 Å². The molecule has 2 heteroatoms. The summed E-state index contributed by atoms with van der Waals surface area (Å²) in [6.45, 7) is 7.13. The smallest absolute Gasteiger partial charge is 0.0231 e. The molecule has 1 unspecified atom stereocenters. The van der Waals surface area contributed by atoms with Crippen molar-refractivity contribution in [2.45, 2.75) is 45.2 Å². The highest BCUT2D eigenvalue weighted by Crippen LogP contribution is 2.18. The first-order chi connectivity index (χ1) is 9.29. The van der Waals surface area contributed by atoms with Gasteiger partial charge < -0.3 is 4.90 Å². The predicted molar refractivity (Wildman–Crippen MR) is 82.3 cm³/mol. The Morgan fingerprint density at radius 2 is 2.00 bits per heavy atom. The standard InChI is InChI=1S/C17H28N2/c1-3-12-19-13-8-7-11-17(19)15-18(2)14-16-9-5-4-6-10-16/h4-6,9-10,17H,3,7-8,11-15H2,1-2H3. The Bertz CT molecular complexity index is 348. The lowest BCUT2D eigenvalue weighted by molar-refractivity contribution is 0.112. The van der Waals surface area contributed by atoms with Gasteiger partial charge in [-0.15, -0.1) is 0 Å². The van der Waals surface area contributed by atoms with E-state index in [2.05, 4.69) is 54.1 Å². The van der Waals surface area contributed by atoms with Crippen molar-refractivity contribution in [3.05, 3.63) is 35.9 Å². The number of hydrogen-bond acceptors (Lipinski definition) is 2. The monoisotopic (exact) mass is 260 g/mol. The molecule has 1 heterocycles. The van der Waals surface area contributed by atoms with E-state index < -0.39 is 0 Å². The second-order valence-electron chi connectivity index (χ2n) is 5.87.